The number of rotatable bonds is 4. The van der Waals surface area contributed by atoms with E-state index in [0.29, 0.717) is 30.9 Å². The lowest BCUT2D eigenvalue weighted by Crippen LogP contribution is -2.56. The third-order valence-corrected chi connectivity index (χ3v) is 7.25. The average molecular weight is 495 g/mol. The Balaban J connectivity index is 1.33. The Hall–Kier alpha value is -3.72. The van der Waals surface area contributed by atoms with Crippen molar-refractivity contribution in [2.75, 3.05) is 25.0 Å². The van der Waals surface area contributed by atoms with E-state index in [9.17, 15) is 18.4 Å². The molecule has 1 saturated heterocycles. The second kappa shape index (κ2) is 9.50. The highest BCUT2D eigenvalue weighted by Gasteiger charge is 2.32. The molecule has 0 bridgehead atoms. The topological polar surface area (TPSA) is 57.6 Å². The minimum absolute atomic E-state index is 0.120. The van der Waals surface area contributed by atoms with Gasteiger partial charge in [0.25, 0.3) is 5.91 Å². The summed E-state index contributed by atoms with van der Waals surface area (Å²) in [5, 5.41) is 5.50. The van der Waals surface area contributed by atoms with Gasteiger partial charge in [-0.25, -0.2) is 13.6 Å². The first-order valence-electron chi connectivity index (χ1n) is 11.3. The van der Waals surface area contributed by atoms with E-state index in [4.69, 9.17) is 0 Å². The summed E-state index contributed by atoms with van der Waals surface area (Å²) in [6.45, 7) is 3.10. The third kappa shape index (κ3) is 4.51. The number of benzene rings is 2. The number of fused-ring (bicyclic) bond motifs is 1. The summed E-state index contributed by atoms with van der Waals surface area (Å²) in [6.07, 6.45) is 0. The number of piperazine rings is 1. The molecule has 0 unspecified atom stereocenters. The van der Waals surface area contributed by atoms with Crippen LogP contribution in [0.2, 0.25) is 0 Å². The molecule has 9 heteroatoms. The molecule has 0 spiro atoms. The van der Waals surface area contributed by atoms with Gasteiger partial charge in [0, 0.05) is 36.6 Å². The quantitative estimate of drug-likeness (QED) is 0.413. The van der Waals surface area contributed by atoms with E-state index in [1.54, 1.807) is 40.1 Å². The van der Waals surface area contributed by atoms with Crippen LogP contribution in [0.25, 0.3) is 10.2 Å². The highest BCUT2D eigenvalue weighted by atomic mass is 32.1. The van der Waals surface area contributed by atoms with Crippen LogP contribution in [-0.2, 0) is 6.54 Å². The zero-order valence-corrected chi connectivity index (χ0v) is 19.9. The fourth-order valence-electron chi connectivity index (χ4n) is 4.46. The van der Waals surface area contributed by atoms with Crippen LogP contribution in [0, 0.1) is 11.6 Å². The molecule has 3 heterocycles. The van der Waals surface area contributed by atoms with E-state index in [2.05, 4.69) is 5.32 Å². The molecular formula is C26H24F2N4O2S. The summed E-state index contributed by atoms with van der Waals surface area (Å²) in [4.78, 5) is 30.6. The van der Waals surface area contributed by atoms with Gasteiger partial charge in [0.15, 0.2) is 0 Å². The maximum absolute atomic E-state index is 14.4. The van der Waals surface area contributed by atoms with Gasteiger partial charge in [-0.1, -0.05) is 30.3 Å². The normalized spacial score (nSPS) is 16.0. The molecule has 2 aromatic carbocycles. The number of para-hydroxylation sites is 1. The molecule has 0 radical (unpaired) electrons. The molecule has 1 fully saturated rings. The smallest absolute Gasteiger partial charge is 0.322 e. The van der Waals surface area contributed by atoms with Crippen molar-refractivity contribution in [3.63, 3.8) is 0 Å². The van der Waals surface area contributed by atoms with E-state index < -0.39 is 11.8 Å². The van der Waals surface area contributed by atoms with Gasteiger partial charge >= 0.3 is 6.03 Å². The molecule has 1 aliphatic heterocycles. The first-order valence-corrected chi connectivity index (χ1v) is 12.2. The number of halogens is 2. The van der Waals surface area contributed by atoms with E-state index in [-0.39, 0.29) is 30.0 Å². The first kappa shape index (κ1) is 23.0. The number of carbonyl (C=O) groups excluding carboxylic acids is 2. The predicted molar refractivity (Wildman–Crippen MR) is 133 cm³/mol. The van der Waals surface area contributed by atoms with Crippen molar-refractivity contribution >= 4 is 39.2 Å². The maximum atomic E-state index is 14.4. The molecule has 5 rings (SSSR count). The van der Waals surface area contributed by atoms with Gasteiger partial charge in [-0.15, -0.1) is 11.3 Å². The molecule has 3 amide bonds. The van der Waals surface area contributed by atoms with Crippen molar-refractivity contribution in [1.29, 1.82) is 0 Å². The zero-order valence-electron chi connectivity index (χ0n) is 19.1. The van der Waals surface area contributed by atoms with Gasteiger partial charge in [0.1, 0.15) is 22.2 Å². The van der Waals surface area contributed by atoms with Crippen molar-refractivity contribution < 1.29 is 18.4 Å². The molecular weight excluding hydrogens is 470 g/mol. The lowest BCUT2D eigenvalue weighted by atomic mass is 10.1. The van der Waals surface area contributed by atoms with Crippen LogP contribution in [0.4, 0.5) is 19.3 Å². The highest BCUT2D eigenvalue weighted by molar-refractivity contribution is 7.16. The van der Waals surface area contributed by atoms with Crippen molar-refractivity contribution in [2.24, 2.45) is 0 Å². The summed E-state index contributed by atoms with van der Waals surface area (Å²) in [5.74, 6) is -0.976. The first-order chi connectivity index (χ1) is 16.9. The SMILES string of the molecule is C[C@H]1CN(C(=O)c2cc3ccsc3n2Cc2ccccc2F)CCN1C(=O)Nc1ccccc1F. The molecule has 1 aliphatic rings. The molecule has 0 aliphatic carbocycles. The Morgan fingerprint density at radius 1 is 1.03 bits per heavy atom. The third-order valence-electron chi connectivity index (χ3n) is 6.30. The number of aromatic nitrogens is 1. The second-order valence-electron chi connectivity index (χ2n) is 8.59. The molecule has 2 aromatic heterocycles. The number of anilines is 1. The van der Waals surface area contributed by atoms with Gasteiger partial charge in [-0.2, -0.15) is 0 Å². The molecule has 0 saturated carbocycles. The molecule has 1 atom stereocenters. The number of thiophene rings is 1. The van der Waals surface area contributed by atoms with E-state index in [0.717, 1.165) is 10.2 Å². The van der Waals surface area contributed by atoms with Gasteiger partial charge in [0.05, 0.1) is 12.2 Å². The minimum Gasteiger partial charge on any atom is -0.334 e. The highest BCUT2D eigenvalue weighted by Crippen LogP contribution is 2.28. The number of hydrogen-bond acceptors (Lipinski definition) is 3. The van der Waals surface area contributed by atoms with Crippen molar-refractivity contribution in [3.8, 4) is 0 Å². The van der Waals surface area contributed by atoms with Crippen molar-refractivity contribution in [3.05, 3.63) is 88.9 Å². The zero-order chi connectivity index (χ0) is 24.5. The average Bonchev–Trinajstić information content (AvgIpc) is 3.44. The minimum atomic E-state index is -0.502. The van der Waals surface area contributed by atoms with E-state index in [1.807, 2.05) is 29.0 Å². The molecule has 1 N–H and O–H groups in total. The van der Waals surface area contributed by atoms with Crippen molar-refractivity contribution in [2.45, 2.75) is 19.5 Å². The fourth-order valence-corrected chi connectivity index (χ4v) is 5.36. The summed E-state index contributed by atoms with van der Waals surface area (Å²) in [7, 11) is 0. The summed E-state index contributed by atoms with van der Waals surface area (Å²) < 4.78 is 30.2. The second-order valence-corrected chi connectivity index (χ2v) is 9.49. The lowest BCUT2D eigenvalue weighted by Gasteiger charge is -2.39. The van der Waals surface area contributed by atoms with Crippen LogP contribution in [0.5, 0.6) is 0 Å². The van der Waals surface area contributed by atoms with E-state index >= 15 is 0 Å². The summed E-state index contributed by atoms with van der Waals surface area (Å²) >= 11 is 1.51. The summed E-state index contributed by atoms with van der Waals surface area (Å²) in [6, 6.07) is 15.7. The largest absolute Gasteiger partial charge is 0.334 e. The van der Waals surface area contributed by atoms with Gasteiger partial charge in [-0.3, -0.25) is 4.79 Å². The van der Waals surface area contributed by atoms with Crippen LogP contribution < -0.4 is 5.32 Å². The molecule has 35 heavy (non-hydrogen) atoms. The Kier molecular flexibility index (Phi) is 6.25. The van der Waals surface area contributed by atoms with Gasteiger partial charge in [-0.05, 0) is 42.6 Å². The fraction of sp³-hybridized carbons (Fsp3) is 0.231. The Bertz CT molecular complexity index is 1400. The monoisotopic (exact) mass is 494 g/mol. The maximum Gasteiger partial charge on any atom is 0.322 e. The van der Waals surface area contributed by atoms with Crippen molar-refractivity contribution in [1.82, 2.24) is 14.4 Å². The number of hydrogen-bond donors (Lipinski definition) is 1. The number of urea groups is 1. The Morgan fingerprint density at radius 3 is 2.51 bits per heavy atom. The van der Waals surface area contributed by atoms with Crippen LogP contribution in [0.1, 0.15) is 23.0 Å². The molecule has 6 nitrogen and oxygen atoms in total. The van der Waals surface area contributed by atoms with E-state index in [1.165, 1.54) is 29.5 Å². The number of nitrogens with one attached hydrogen (secondary N) is 1. The van der Waals surface area contributed by atoms with Crippen LogP contribution in [-0.4, -0.2) is 52.0 Å². The van der Waals surface area contributed by atoms with Gasteiger partial charge < -0.3 is 19.7 Å². The van der Waals surface area contributed by atoms with Gasteiger partial charge in [0.2, 0.25) is 0 Å². The number of amides is 3. The number of carbonyl (C=O) groups is 2. The lowest BCUT2D eigenvalue weighted by molar-refractivity contribution is 0.0583. The standard InChI is InChI=1S/C26H24F2N4O2S/c1-17-15-30(11-12-31(17)26(34)29-22-9-5-4-8-21(22)28)24(33)23-14-18-10-13-35-25(18)32(23)16-19-6-2-3-7-20(19)27/h2-10,13-14,17H,11-12,15-16H2,1H3,(H,29,34)/t17-/m0/s1. The van der Waals surface area contributed by atoms with Crippen LogP contribution in [0.15, 0.2) is 66.0 Å². The van der Waals surface area contributed by atoms with Crippen LogP contribution >= 0.6 is 11.3 Å². The predicted octanol–water partition coefficient (Wildman–Crippen LogP) is 5.41. The molecule has 180 valence electrons. The summed E-state index contributed by atoms with van der Waals surface area (Å²) in [5.41, 5.74) is 1.12. The number of nitrogens with zero attached hydrogens (tertiary/aromatic N) is 3. The molecule has 4 aromatic rings. The van der Waals surface area contributed by atoms with Crippen LogP contribution in [0.3, 0.4) is 0 Å². The Labute approximate surface area is 205 Å². The Morgan fingerprint density at radius 2 is 1.77 bits per heavy atom.